The van der Waals surface area contributed by atoms with Gasteiger partial charge in [0.05, 0.1) is 49.8 Å². The molecule has 0 bridgehead atoms. The lowest BCUT2D eigenvalue weighted by Crippen LogP contribution is -2.56. The summed E-state index contributed by atoms with van der Waals surface area (Å²) in [6, 6.07) is 12.5. The van der Waals surface area contributed by atoms with Crippen molar-refractivity contribution in [1.82, 2.24) is 14.9 Å². The Bertz CT molecular complexity index is 1560. The number of methoxy groups -OCH3 is 1. The third kappa shape index (κ3) is 10.8. The molecule has 0 radical (unpaired) electrons. The SMILES string of the molecule is CCCCC(C)S(=O)(=O)NC1C/C=C\CCOC2Cc3ccc(OC)cc3C2N(C(=O)OC(C)(C)C)CC(O)C(Cc2ccccc2)NC1=O. The van der Waals surface area contributed by atoms with Crippen LogP contribution in [0, 0.1) is 0 Å². The molecule has 11 nitrogen and oxygen atoms in total. The van der Waals surface area contributed by atoms with Crippen LogP contribution in [0.25, 0.3) is 0 Å². The largest absolute Gasteiger partial charge is 0.497 e. The Morgan fingerprint density at radius 1 is 1.16 bits per heavy atom. The zero-order valence-corrected chi connectivity index (χ0v) is 31.1. The molecule has 1 aliphatic carbocycles. The van der Waals surface area contributed by atoms with Gasteiger partial charge in [-0.05, 0) is 82.2 Å². The van der Waals surface area contributed by atoms with Gasteiger partial charge in [0.1, 0.15) is 17.4 Å². The third-order valence-electron chi connectivity index (χ3n) is 9.15. The van der Waals surface area contributed by atoms with Gasteiger partial charge in [-0.15, -0.1) is 0 Å². The van der Waals surface area contributed by atoms with E-state index in [9.17, 15) is 23.1 Å². The molecule has 2 aromatic rings. The summed E-state index contributed by atoms with van der Waals surface area (Å²) in [6.07, 6.45) is 4.76. The maximum absolute atomic E-state index is 14.1. The highest BCUT2D eigenvalue weighted by Crippen LogP contribution is 2.41. The molecular formula is C38H55N3O8S. The number of nitrogens with one attached hydrogen (secondary N) is 2. The lowest BCUT2D eigenvalue weighted by atomic mass is 9.98. The minimum atomic E-state index is -3.83. The highest BCUT2D eigenvalue weighted by molar-refractivity contribution is 7.90. The predicted molar refractivity (Wildman–Crippen MR) is 193 cm³/mol. The molecule has 2 aromatic carbocycles. The minimum absolute atomic E-state index is 0.112. The number of aliphatic hydroxyl groups excluding tert-OH is 1. The Morgan fingerprint density at radius 3 is 2.58 bits per heavy atom. The molecule has 0 saturated heterocycles. The molecule has 6 atom stereocenters. The lowest BCUT2D eigenvalue weighted by molar-refractivity contribution is -0.124. The van der Waals surface area contributed by atoms with Crippen LogP contribution in [0.15, 0.2) is 60.7 Å². The molecule has 2 amide bonds. The van der Waals surface area contributed by atoms with Crippen molar-refractivity contribution >= 4 is 22.0 Å². The number of amides is 2. The van der Waals surface area contributed by atoms with Gasteiger partial charge in [-0.3, -0.25) is 9.69 Å². The van der Waals surface area contributed by atoms with Crippen molar-refractivity contribution in [3.8, 4) is 5.75 Å². The molecule has 50 heavy (non-hydrogen) atoms. The van der Waals surface area contributed by atoms with Crippen molar-refractivity contribution in [2.24, 2.45) is 0 Å². The third-order valence-corrected chi connectivity index (χ3v) is 11.1. The molecule has 6 unspecified atom stereocenters. The van der Waals surface area contributed by atoms with Crippen LogP contribution in [0.2, 0.25) is 0 Å². The van der Waals surface area contributed by atoms with Gasteiger partial charge in [-0.2, -0.15) is 0 Å². The van der Waals surface area contributed by atoms with Gasteiger partial charge in [0.25, 0.3) is 0 Å². The smallest absolute Gasteiger partial charge is 0.410 e. The number of rotatable bonds is 9. The number of benzene rings is 2. The Morgan fingerprint density at radius 2 is 1.90 bits per heavy atom. The monoisotopic (exact) mass is 713 g/mol. The number of sulfonamides is 1. The number of nitrogens with zero attached hydrogens (tertiary/aromatic N) is 1. The molecule has 276 valence electrons. The summed E-state index contributed by atoms with van der Waals surface area (Å²) in [5, 5.41) is 14.3. The van der Waals surface area contributed by atoms with Gasteiger partial charge in [-0.25, -0.2) is 17.9 Å². The van der Waals surface area contributed by atoms with E-state index in [2.05, 4.69) is 10.0 Å². The average molecular weight is 714 g/mol. The molecule has 3 N–H and O–H groups in total. The van der Waals surface area contributed by atoms with Crippen LogP contribution in [-0.2, 0) is 37.1 Å². The molecular weight excluding hydrogens is 658 g/mol. The van der Waals surface area contributed by atoms with Crippen LogP contribution < -0.4 is 14.8 Å². The van der Waals surface area contributed by atoms with Gasteiger partial charge in [0.2, 0.25) is 15.9 Å². The van der Waals surface area contributed by atoms with Crippen LogP contribution in [0.5, 0.6) is 5.75 Å². The molecule has 1 heterocycles. The Labute approximate surface area is 297 Å². The molecule has 4 rings (SSSR count). The van der Waals surface area contributed by atoms with Crippen molar-refractivity contribution in [2.45, 2.75) is 121 Å². The number of hydrogen-bond donors (Lipinski definition) is 3. The van der Waals surface area contributed by atoms with Gasteiger partial charge in [0.15, 0.2) is 0 Å². The fourth-order valence-electron chi connectivity index (χ4n) is 6.40. The Hall–Kier alpha value is -3.45. The first kappa shape index (κ1) is 39.3. The van der Waals surface area contributed by atoms with Crippen molar-refractivity contribution in [3.63, 3.8) is 0 Å². The van der Waals surface area contributed by atoms with E-state index in [-0.39, 0.29) is 19.4 Å². The van der Waals surface area contributed by atoms with E-state index in [1.165, 1.54) is 4.90 Å². The van der Waals surface area contributed by atoms with Gasteiger partial charge >= 0.3 is 6.09 Å². The van der Waals surface area contributed by atoms with E-state index < -0.39 is 63.2 Å². The number of carbonyl (C=O) groups excluding carboxylic acids is 2. The van der Waals surface area contributed by atoms with Crippen LogP contribution in [0.1, 0.15) is 89.5 Å². The maximum Gasteiger partial charge on any atom is 0.410 e. The summed E-state index contributed by atoms with van der Waals surface area (Å²) in [6.45, 7) is 9.11. The second-order valence-corrected chi connectivity index (χ2v) is 16.4. The number of ether oxygens (including phenoxy) is 3. The topological polar surface area (TPSA) is 144 Å². The van der Waals surface area contributed by atoms with Crippen molar-refractivity contribution in [1.29, 1.82) is 0 Å². The quantitative estimate of drug-likeness (QED) is 0.301. The normalized spacial score (nSPS) is 24.9. The van der Waals surface area contributed by atoms with Crippen molar-refractivity contribution < 1.29 is 37.3 Å². The first-order valence-electron chi connectivity index (χ1n) is 17.7. The predicted octanol–water partition coefficient (Wildman–Crippen LogP) is 5.22. The zero-order valence-electron chi connectivity index (χ0n) is 30.3. The van der Waals surface area contributed by atoms with E-state index >= 15 is 0 Å². The molecule has 0 spiro atoms. The summed E-state index contributed by atoms with van der Waals surface area (Å²) in [7, 11) is -2.25. The number of carbonyl (C=O) groups is 2. The number of fused-ring (bicyclic) bond motifs is 3. The standard InChI is InChI=1S/C38H55N3O8S/c1-7-8-15-26(2)50(45,46)40-31-18-13-10-14-21-48-34-23-28-19-20-29(47-6)24-30(28)35(34)41(37(44)49-38(3,4)5)25-33(42)32(39-36(31)43)22-27-16-11-9-12-17-27/h9-13,16-17,19-20,24,26,31-35,40,42H,7-8,14-15,18,21-23,25H2,1-6H3,(H,39,43)/b13-10-. The zero-order chi connectivity index (χ0) is 36.5. The molecule has 0 aromatic heterocycles. The number of β-amino-alcohol motifs (C(OH)–C–C–N with tert-alkyl or cyclic N) is 1. The van der Waals surface area contributed by atoms with Crippen molar-refractivity contribution in [3.05, 3.63) is 77.4 Å². The van der Waals surface area contributed by atoms with Crippen LogP contribution in [0.3, 0.4) is 0 Å². The first-order chi connectivity index (χ1) is 23.7. The first-order valence-corrected chi connectivity index (χ1v) is 19.2. The fourth-order valence-corrected chi connectivity index (χ4v) is 7.71. The van der Waals surface area contributed by atoms with Gasteiger partial charge < -0.3 is 24.6 Å². The van der Waals surface area contributed by atoms with Gasteiger partial charge in [-0.1, -0.05) is 68.3 Å². The van der Waals surface area contributed by atoms with E-state index in [0.717, 1.165) is 29.5 Å². The highest BCUT2D eigenvalue weighted by Gasteiger charge is 2.43. The fraction of sp³-hybridized carbons (Fsp3) is 0.579. The molecule has 0 fully saturated rings. The number of aliphatic hydroxyl groups is 1. The minimum Gasteiger partial charge on any atom is -0.497 e. The second-order valence-electron chi connectivity index (χ2n) is 14.3. The van der Waals surface area contributed by atoms with Crippen LogP contribution in [-0.4, -0.2) is 85.8 Å². The molecule has 2 aliphatic rings. The van der Waals surface area contributed by atoms with Crippen molar-refractivity contribution in [2.75, 3.05) is 20.3 Å². The van der Waals surface area contributed by atoms with E-state index in [1.54, 1.807) is 40.9 Å². The maximum atomic E-state index is 14.1. The van der Waals surface area contributed by atoms with Crippen LogP contribution in [0.4, 0.5) is 4.79 Å². The molecule has 12 heteroatoms. The summed E-state index contributed by atoms with van der Waals surface area (Å²) in [5.41, 5.74) is 1.85. The summed E-state index contributed by atoms with van der Waals surface area (Å²) >= 11 is 0. The average Bonchev–Trinajstić information content (AvgIpc) is 3.42. The van der Waals surface area contributed by atoms with E-state index in [4.69, 9.17) is 14.2 Å². The summed E-state index contributed by atoms with van der Waals surface area (Å²) < 4.78 is 47.2. The molecule has 0 saturated carbocycles. The summed E-state index contributed by atoms with van der Waals surface area (Å²) in [4.78, 5) is 29.6. The van der Waals surface area contributed by atoms with Gasteiger partial charge in [0, 0.05) is 6.42 Å². The second kappa shape index (κ2) is 17.7. The molecule has 1 aliphatic heterocycles. The highest BCUT2D eigenvalue weighted by atomic mass is 32.2. The Balaban J connectivity index is 1.75. The van der Waals surface area contributed by atoms with E-state index in [0.29, 0.717) is 31.6 Å². The van der Waals surface area contributed by atoms with E-state index in [1.807, 2.05) is 61.5 Å². The van der Waals surface area contributed by atoms with Crippen LogP contribution >= 0.6 is 0 Å². The Kier molecular flexibility index (Phi) is 13.9. The number of unbranched alkanes of at least 4 members (excludes halogenated alkanes) is 1. The summed E-state index contributed by atoms with van der Waals surface area (Å²) in [5.74, 6) is 0.0595. The number of hydrogen-bond acceptors (Lipinski definition) is 8. The lowest BCUT2D eigenvalue weighted by Gasteiger charge is -2.37.